The molecule has 1 aromatic rings. The molecule has 2 fully saturated rings. The van der Waals surface area contributed by atoms with Crippen LogP contribution in [-0.4, -0.2) is 47.5 Å². The molecule has 0 aliphatic carbocycles. The molecule has 7 nitrogen and oxygen atoms in total. The van der Waals surface area contributed by atoms with Gasteiger partial charge in [0.15, 0.2) is 0 Å². The van der Waals surface area contributed by atoms with Gasteiger partial charge in [0.05, 0.1) is 6.04 Å². The highest BCUT2D eigenvalue weighted by Gasteiger charge is 2.46. The van der Waals surface area contributed by atoms with E-state index in [1.807, 2.05) is 37.3 Å². The number of amides is 3. The Balaban J connectivity index is 1.53. The molecule has 2 aliphatic rings. The lowest BCUT2D eigenvalue weighted by atomic mass is 10.1. The summed E-state index contributed by atoms with van der Waals surface area (Å²) in [6.45, 7) is 2.38. The molecule has 2 N–H and O–H groups in total. The maximum atomic E-state index is 12.3. The van der Waals surface area contributed by atoms with Gasteiger partial charge in [0, 0.05) is 6.54 Å². The average Bonchev–Trinajstić information content (AvgIpc) is 3.02. The first-order valence-electron chi connectivity index (χ1n) is 8.16. The summed E-state index contributed by atoms with van der Waals surface area (Å²) >= 11 is 0. The molecule has 7 heteroatoms. The molecule has 3 atom stereocenters. The maximum Gasteiger partial charge on any atom is 0.407 e. The number of piperazine rings is 1. The van der Waals surface area contributed by atoms with Crippen molar-refractivity contribution in [3.63, 3.8) is 0 Å². The zero-order chi connectivity index (χ0) is 17.1. The zero-order valence-corrected chi connectivity index (χ0v) is 13.5. The van der Waals surface area contributed by atoms with E-state index in [1.54, 1.807) is 4.90 Å². The van der Waals surface area contributed by atoms with Gasteiger partial charge in [-0.3, -0.25) is 9.59 Å². The fraction of sp³-hybridized carbons (Fsp3) is 0.471. The Labute approximate surface area is 140 Å². The summed E-state index contributed by atoms with van der Waals surface area (Å²) in [5.41, 5.74) is 0.900. The summed E-state index contributed by atoms with van der Waals surface area (Å²) in [5.74, 6) is -0.229. The van der Waals surface area contributed by atoms with Gasteiger partial charge >= 0.3 is 6.09 Å². The third-order valence-corrected chi connectivity index (χ3v) is 4.44. The fourth-order valence-corrected chi connectivity index (χ4v) is 3.17. The molecule has 128 valence electrons. The Morgan fingerprint density at radius 1 is 1.33 bits per heavy atom. The van der Waals surface area contributed by atoms with E-state index in [0.29, 0.717) is 19.4 Å². The number of fused-ring (bicyclic) bond motifs is 1. The van der Waals surface area contributed by atoms with E-state index in [-0.39, 0.29) is 24.5 Å². The molecule has 0 spiro atoms. The van der Waals surface area contributed by atoms with Gasteiger partial charge in [-0.05, 0) is 18.4 Å². The lowest BCUT2D eigenvalue weighted by Crippen LogP contribution is -2.60. The minimum Gasteiger partial charge on any atom is -0.445 e. The number of benzene rings is 1. The van der Waals surface area contributed by atoms with Crippen molar-refractivity contribution in [2.24, 2.45) is 0 Å². The van der Waals surface area contributed by atoms with Crippen LogP contribution in [0.4, 0.5) is 4.79 Å². The summed E-state index contributed by atoms with van der Waals surface area (Å²) in [6.07, 6.45) is 0.433. The van der Waals surface area contributed by atoms with Crippen LogP contribution in [-0.2, 0) is 20.9 Å². The van der Waals surface area contributed by atoms with Crippen LogP contribution in [0.15, 0.2) is 30.3 Å². The maximum absolute atomic E-state index is 12.3. The first-order valence-corrected chi connectivity index (χ1v) is 8.16. The molecule has 2 aliphatic heterocycles. The summed E-state index contributed by atoms with van der Waals surface area (Å²) < 4.78 is 5.19. The normalized spacial score (nSPS) is 25.9. The summed E-state index contributed by atoms with van der Waals surface area (Å²) in [7, 11) is 0. The second kappa shape index (κ2) is 6.90. The lowest BCUT2D eigenvalue weighted by molar-refractivity contribution is -0.147. The summed E-state index contributed by atoms with van der Waals surface area (Å²) in [4.78, 5) is 37.9. The molecule has 0 unspecified atom stereocenters. The predicted octanol–water partition coefficient (Wildman–Crippen LogP) is 0.791. The first kappa shape index (κ1) is 16.3. The van der Waals surface area contributed by atoms with Crippen molar-refractivity contribution in [3.05, 3.63) is 35.9 Å². The number of nitrogens with one attached hydrogen (secondary N) is 2. The minimum atomic E-state index is -0.538. The summed E-state index contributed by atoms with van der Waals surface area (Å²) in [5, 5.41) is 5.48. The number of nitrogens with zero attached hydrogens (tertiary/aromatic N) is 1. The molecule has 3 amide bonds. The van der Waals surface area contributed by atoms with Crippen LogP contribution in [0, 0.1) is 0 Å². The predicted molar refractivity (Wildman–Crippen MR) is 85.9 cm³/mol. The van der Waals surface area contributed by atoms with Crippen LogP contribution in [0.5, 0.6) is 0 Å². The van der Waals surface area contributed by atoms with E-state index in [1.165, 1.54) is 0 Å². The van der Waals surface area contributed by atoms with Gasteiger partial charge in [-0.25, -0.2) is 4.79 Å². The molecule has 2 saturated heterocycles. The number of carbonyl (C=O) groups is 3. The van der Waals surface area contributed by atoms with Crippen LogP contribution < -0.4 is 10.6 Å². The topological polar surface area (TPSA) is 87.7 Å². The van der Waals surface area contributed by atoms with Crippen LogP contribution in [0.2, 0.25) is 0 Å². The highest BCUT2D eigenvalue weighted by Crippen LogP contribution is 2.23. The van der Waals surface area contributed by atoms with Crippen LogP contribution in [0.1, 0.15) is 25.3 Å². The van der Waals surface area contributed by atoms with Gasteiger partial charge in [-0.2, -0.15) is 0 Å². The molecule has 2 heterocycles. The molecule has 0 radical (unpaired) electrons. The van der Waals surface area contributed by atoms with Crippen LogP contribution >= 0.6 is 0 Å². The molecule has 0 saturated carbocycles. The van der Waals surface area contributed by atoms with Crippen LogP contribution in [0.3, 0.4) is 0 Å². The molecule has 24 heavy (non-hydrogen) atoms. The molecular formula is C17H21N3O4. The quantitative estimate of drug-likeness (QED) is 0.854. The number of hydrogen-bond donors (Lipinski definition) is 2. The van der Waals surface area contributed by atoms with Crippen molar-refractivity contribution in [2.45, 2.75) is 44.5 Å². The second-order valence-electron chi connectivity index (χ2n) is 6.11. The molecule has 3 rings (SSSR count). The molecule has 0 aromatic heterocycles. The summed E-state index contributed by atoms with van der Waals surface area (Å²) in [6, 6.07) is 8.15. The molecular weight excluding hydrogens is 310 g/mol. The Hall–Kier alpha value is -2.57. The van der Waals surface area contributed by atoms with Gasteiger partial charge in [-0.15, -0.1) is 0 Å². The standard InChI is InChI=1S/C17H21N3O4/c1-2-13-16(22)20-9-12(8-14(20)15(21)19-13)18-17(23)24-10-11-6-4-3-5-7-11/h3-7,12-14H,2,8-10H2,1H3,(H,18,23)(H,19,21)/t12-,13-,14-/m0/s1. The molecule has 0 bridgehead atoms. The van der Waals surface area contributed by atoms with Crippen molar-refractivity contribution < 1.29 is 19.1 Å². The number of carbonyl (C=O) groups excluding carboxylic acids is 3. The van der Waals surface area contributed by atoms with E-state index in [2.05, 4.69) is 10.6 Å². The number of hydrogen-bond acceptors (Lipinski definition) is 4. The van der Waals surface area contributed by atoms with Crippen LogP contribution in [0.25, 0.3) is 0 Å². The van der Waals surface area contributed by atoms with E-state index in [0.717, 1.165) is 5.56 Å². The Morgan fingerprint density at radius 2 is 2.08 bits per heavy atom. The average molecular weight is 331 g/mol. The minimum absolute atomic E-state index is 0.0796. The highest BCUT2D eigenvalue weighted by atomic mass is 16.5. The second-order valence-corrected chi connectivity index (χ2v) is 6.11. The Kier molecular flexibility index (Phi) is 4.69. The fourth-order valence-electron chi connectivity index (χ4n) is 3.17. The van der Waals surface area contributed by atoms with E-state index < -0.39 is 18.2 Å². The monoisotopic (exact) mass is 331 g/mol. The van der Waals surface area contributed by atoms with Crippen molar-refractivity contribution in [2.75, 3.05) is 6.54 Å². The van der Waals surface area contributed by atoms with Crippen molar-refractivity contribution in [1.82, 2.24) is 15.5 Å². The first-order chi connectivity index (χ1) is 11.6. The van der Waals surface area contributed by atoms with E-state index >= 15 is 0 Å². The van der Waals surface area contributed by atoms with Gasteiger partial charge in [0.2, 0.25) is 11.8 Å². The molecule has 1 aromatic carbocycles. The number of alkyl carbamates (subject to hydrolysis) is 1. The lowest BCUT2D eigenvalue weighted by Gasteiger charge is -2.33. The van der Waals surface area contributed by atoms with Gasteiger partial charge in [0.25, 0.3) is 0 Å². The van der Waals surface area contributed by atoms with Gasteiger partial charge in [-0.1, -0.05) is 37.3 Å². The van der Waals surface area contributed by atoms with Crippen molar-refractivity contribution in [1.29, 1.82) is 0 Å². The van der Waals surface area contributed by atoms with Gasteiger partial charge in [0.1, 0.15) is 18.7 Å². The smallest absolute Gasteiger partial charge is 0.407 e. The number of rotatable bonds is 4. The SMILES string of the molecule is CC[C@@H]1NC(=O)[C@@H]2C[C@H](NC(=O)OCc3ccccc3)CN2C1=O. The Bertz CT molecular complexity index is 634. The van der Waals surface area contributed by atoms with E-state index in [4.69, 9.17) is 4.74 Å². The van der Waals surface area contributed by atoms with Crippen molar-refractivity contribution in [3.8, 4) is 0 Å². The third kappa shape index (κ3) is 3.34. The van der Waals surface area contributed by atoms with Crippen molar-refractivity contribution >= 4 is 17.9 Å². The largest absolute Gasteiger partial charge is 0.445 e. The Morgan fingerprint density at radius 3 is 2.79 bits per heavy atom. The number of ether oxygens (including phenoxy) is 1. The highest BCUT2D eigenvalue weighted by molar-refractivity contribution is 5.97. The van der Waals surface area contributed by atoms with Gasteiger partial charge < -0.3 is 20.3 Å². The zero-order valence-electron chi connectivity index (χ0n) is 13.5. The van der Waals surface area contributed by atoms with E-state index in [9.17, 15) is 14.4 Å². The third-order valence-electron chi connectivity index (χ3n) is 4.44.